The number of amides is 1. The van der Waals surface area contributed by atoms with Gasteiger partial charge in [0.15, 0.2) is 5.16 Å². The van der Waals surface area contributed by atoms with Gasteiger partial charge in [-0.3, -0.25) is 9.36 Å². The standard InChI is InChI=1S/C21H21N3OS/c1-16-7-2-4-10-18(16)24-14-12-22-21(24)26-15-20(25)23-13-6-9-17-8-3-5-11-19(17)23/h2-5,7-8,10-12,14H,6,9,13,15H2,1H3. The Bertz CT molecular complexity index is 934. The minimum atomic E-state index is 0.140. The largest absolute Gasteiger partial charge is 0.311 e. The van der Waals surface area contributed by atoms with Crippen LogP contribution in [0.4, 0.5) is 5.69 Å². The molecule has 0 bridgehead atoms. The number of fused-ring (bicyclic) bond motifs is 1. The van der Waals surface area contributed by atoms with E-state index in [0.717, 1.165) is 35.9 Å². The monoisotopic (exact) mass is 363 g/mol. The number of carbonyl (C=O) groups excluding carboxylic acids is 1. The predicted octanol–water partition coefficient (Wildman–Crippen LogP) is 4.25. The van der Waals surface area contributed by atoms with Gasteiger partial charge in [0, 0.05) is 24.6 Å². The maximum Gasteiger partial charge on any atom is 0.237 e. The van der Waals surface area contributed by atoms with Gasteiger partial charge in [-0.25, -0.2) is 4.98 Å². The topological polar surface area (TPSA) is 38.1 Å². The van der Waals surface area contributed by atoms with Gasteiger partial charge in [0.05, 0.1) is 11.4 Å². The van der Waals surface area contributed by atoms with E-state index in [9.17, 15) is 4.79 Å². The molecule has 0 saturated carbocycles. The van der Waals surface area contributed by atoms with Gasteiger partial charge in [-0.2, -0.15) is 0 Å². The number of nitrogens with zero attached hydrogens (tertiary/aromatic N) is 3. The van der Waals surface area contributed by atoms with Crippen molar-refractivity contribution in [2.45, 2.75) is 24.9 Å². The molecule has 1 amide bonds. The molecule has 2 heterocycles. The zero-order chi connectivity index (χ0) is 17.9. The van der Waals surface area contributed by atoms with Crippen molar-refractivity contribution in [3.63, 3.8) is 0 Å². The van der Waals surface area contributed by atoms with Gasteiger partial charge in [-0.1, -0.05) is 48.2 Å². The first-order valence-corrected chi connectivity index (χ1v) is 9.83. The van der Waals surface area contributed by atoms with E-state index in [1.165, 1.54) is 22.9 Å². The molecule has 1 aliphatic heterocycles. The van der Waals surface area contributed by atoms with Gasteiger partial charge in [0.2, 0.25) is 5.91 Å². The zero-order valence-corrected chi connectivity index (χ0v) is 15.6. The molecule has 0 unspecified atom stereocenters. The van der Waals surface area contributed by atoms with E-state index in [1.807, 2.05) is 41.4 Å². The summed E-state index contributed by atoms with van der Waals surface area (Å²) in [6.45, 7) is 2.88. The molecule has 2 aromatic carbocycles. The second-order valence-electron chi connectivity index (χ2n) is 6.43. The molecule has 0 N–H and O–H groups in total. The first-order valence-electron chi connectivity index (χ1n) is 8.84. The van der Waals surface area contributed by atoms with Gasteiger partial charge in [-0.05, 0) is 43.0 Å². The molecule has 0 spiro atoms. The first-order chi connectivity index (χ1) is 12.7. The summed E-state index contributed by atoms with van der Waals surface area (Å²) in [7, 11) is 0. The molecule has 26 heavy (non-hydrogen) atoms. The Morgan fingerprint density at radius 3 is 2.73 bits per heavy atom. The Kier molecular flexibility index (Phi) is 4.80. The highest BCUT2D eigenvalue weighted by atomic mass is 32.2. The SMILES string of the molecule is Cc1ccccc1-n1ccnc1SCC(=O)N1CCCc2ccccc21. The van der Waals surface area contributed by atoms with Gasteiger partial charge in [0.1, 0.15) is 0 Å². The van der Waals surface area contributed by atoms with Crippen LogP contribution >= 0.6 is 11.8 Å². The summed E-state index contributed by atoms with van der Waals surface area (Å²) < 4.78 is 2.05. The number of para-hydroxylation sites is 2. The number of aryl methyl sites for hydroxylation is 2. The molecule has 1 aromatic heterocycles. The number of thioether (sulfide) groups is 1. The normalized spacial score (nSPS) is 13.5. The molecule has 4 rings (SSSR count). The molecule has 0 radical (unpaired) electrons. The lowest BCUT2D eigenvalue weighted by Gasteiger charge is -2.29. The van der Waals surface area contributed by atoms with Crippen LogP contribution < -0.4 is 4.90 Å². The fraction of sp³-hybridized carbons (Fsp3) is 0.238. The Labute approximate surface area is 157 Å². The highest BCUT2D eigenvalue weighted by Crippen LogP contribution is 2.28. The van der Waals surface area contributed by atoms with Gasteiger partial charge < -0.3 is 4.90 Å². The van der Waals surface area contributed by atoms with Crippen LogP contribution in [0.25, 0.3) is 5.69 Å². The molecule has 0 atom stereocenters. The number of anilines is 1. The maximum atomic E-state index is 12.8. The van der Waals surface area contributed by atoms with Gasteiger partial charge >= 0.3 is 0 Å². The number of imidazole rings is 1. The van der Waals surface area contributed by atoms with Crippen LogP contribution in [0.5, 0.6) is 0 Å². The van der Waals surface area contributed by atoms with Crippen LogP contribution in [0.2, 0.25) is 0 Å². The number of hydrogen-bond acceptors (Lipinski definition) is 3. The van der Waals surface area contributed by atoms with Crippen molar-refractivity contribution in [3.8, 4) is 5.69 Å². The van der Waals surface area contributed by atoms with E-state index in [4.69, 9.17) is 0 Å². The summed E-state index contributed by atoms with van der Waals surface area (Å²) in [5.41, 5.74) is 4.61. The van der Waals surface area contributed by atoms with Gasteiger partial charge in [-0.15, -0.1) is 0 Å². The molecule has 4 nitrogen and oxygen atoms in total. The fourth-order valence-corrected chi connectivity index (χ4v) is 4.25. The summed E-state index contributed by atoms with van der Waals surface area (Å²) >= 11 is 1.49. The third kappa shape index (κ3) is 3.27. The van der Waals surface area contributed by atoms with Crippen LogP contribution in [0.15, 0.2) is 66.1 Å². The lowest BCUT2D eigenvalue weighted by Crippen LogP contribution is -2.36. The number of hydrogen-bond donors (Lipinski definition) is 0. The Hall–Kier alpha value is -2.53. The second kappa shape index (κ2) is 7.38. The lowest BCUT2D eigenvalue weighted by molar-refractivity contribution is -0.116. The van der Waals surface area contributed by atoms with E-state index >= 15 is 0 Å². The Balaban J connectivity index is 1.50. The second-order valence-corrected chi connectivity index (χ2v) is 7.38. The molecule has 0 aliphatic carbocycles. The number of aromatic nitrogens is 2. The summed E-state index contributed by atoms with van der Waals surface area (Å²) in [6.07, 6.45) is 5.80. The zero-order valence-electron chi connectivity index (χ0n) is 14.8. The molecule has 0 saturated heterocycles. The molecule has 1 aliphatic rings. The first kappa shape index (κ1) is 16.9. The summed E-state index contributed by atoms with van der Waals surface area (Å²) in [5.74, 6) is 0.526. The molecular formula is C21H21N3OS. The van der Waals surface area contributed by atoms with Crippen LogP contribution in [0, 0.1) is 6.92 Å². The molecule has 3 aromatic rings. The Morgan fingerprint density at radius 1 is 1.12 bits per heavy atom. The smallest absolute Gasteiger partial charge is 0.237 e. The van der Waals surface area contributed by atoms with Crippen molar-refractivity contribution >= 4 is 23.4 Å². The van der Waals surface area contributed by atoms with E-state index < -0.39 is 0 Å². The van der Waals surface area contributed by atoms with Crippen LogP contribution in [-0.4, -0.2) is 27.8 Å². The summed E-state index contributed by atoms with van der Waals surface area (Å²) in [6, 6.07) is 16.4. The predicted molar refractivity (Wildman–Crippen MR) is 106 cm³/mol. The van der Waals surface area contributed by atoms with E-state index in [-0.39, 0.29) is 5.91 Å². The number of benzene rings is 2. The summed E-state index contributed by atoms with van der Waals surface area (Å²) in [4.78, 5) is 19.2. The third-order valence-electron chi connectivity index (χ3n) is 4.72. The molecule has 0 fully saturated rings. The molecule has 5 heteroatoms. The van der Waals surface area contributed by atoms with E-state index in [2.05, 4.69) is 34.7 Å². The van der Waals surface area contributed by atoms with Crippen molar-refractivity contribution in [1.82, 2.24) is 9.55 Å². The highest BCUT2D eigenvalue weighted by Gasteiger charge is 2.22. The van der Waals surface area contributed by atoms with Crippen molar-refractivity contribution in [2.24, 2.45) is 0 Å². The minimum absolute atomic E-state index is 0.140. The Morgan fingerprint density at radius 2 is 1.88 bits per heavy atom. The number of carbonyl (C=O) groups is 1. The fourth-order valence-electron chi connectivity index (χ4n) is 3.41. The van der Waals surface area contributed by atoms with Crippen LogP contribution in [0.3, 0.4) is 0 Å². The van der Waals surface area contributed by atoms with Crippen LogP contribution in [0.1, 0.15) is 17.5 Å². The lowest BCUT2D eigenvalue weighted by atomic mass is 10.0. The van der Waals surface area contributed by atoms with Crippen LogP contribution in [-0.2, 0) is 11.2 Å². The van der Waals surface area contributed by atoms with E-state index in [0.29, 0.717) is 5.75 Å². The number of rotatable bonds is 4. The molecular weight excluding hydrogens is 342 g/mol. The quantitative estimate of drug-likeness (QED) is 0.650. The third-order valence-corrected chi connectivity index (χ3v) is 5.67. The van der Waals surface area contributed by atoms with Gasteiger partial charge in [0.25, 0.3) is 0 Å². The summed E-state index contributed by atoms with van der Waals surface area (Å²) in [5, 5.41) is 0.845. The molecule has 132 valence electrons. The average molecular weight is 363 g/mol. The van der Waals surface area contributed by atoms with E-state index in [1.54, 1.807) is 6.20 Å². The highest BCUT2D eigenvalue weighted by molar-refractivity contribution is 7.99. The van der Waals surface area contributed by atoms with Crippen molar-refractivity contribution in [2.75, 3.05) is 17.2 Å². The minimum Gasteiger partial charge on any atom is -0.311 e. The van der Waals surface area contributed by atoms with Crippen molar-refractivity contribution in [3.05, 3.63) is 72.1 Å². The average Bonchev–Trinajstić information content (AvgIpc) is 3.14. The van der Waals surface area contributed by atoms with Crippen molar-refractivity contribution < 1.29 is 4.79 Å². The maximum absolute atomic E-state index is 12.8. The van der Waals surface area contributed by atoms with Crippen molar-refractivity contribution in [1.29, 1.82) is 0 Å².